The zero-order valence-corrected chi connectivity index (χ0v) is 18.8. The van der Waals surface area contributed by atoms with Crippen LogP contribution in [0.3, 0.4) is 0 Å². The van der Waals surface area contributed by atoms with E-state index >= 15 is 0 Å². The molecule has 0 fully saturated rings. The largest absolute Gasteiger partial charge is 0.493 e. The van der Waals surface area contributed by atoms with Gasteiger partial charge in [-0.25, -0.2) is 0 Å². The third-order valence-electron chi connectivity index (χ3n) is 3.67. The van der Waals surface area contributed by atoms with Gasteiger partial charge >= 0.3 is 0 Å². The van der Waals surface area contributed by atoms with Crippen LogP contribution < -0.4 is 14.8 Å². The Kier molecular flexibility index (Phi) is 12.9. The third kappa shape index (κ3) is 8.77. The molecule has 0 aliphatic heterocycles. The van der Waals surface area contributed by atoms with Gasteiger partial charge in [-0.2, -0.15) is 0 Å². The summed E-state index contributed by atoms with van der Waals surface area (Å²) in [6, 6.07) is 11.4. The van der Waals surface area contributed by atoms with Crippen molar-refractivity contribution in [2.45, 2.75) is 13.2 Å². The zero-order valence-electron chi connectivity index (χ0n) is 15.6. The Morgan fingerprint density at radius 1 is 0.926 bits per heavy atom. The van der Waals surface area contributed by atoms with E-state index < -0.39 is 0 Å². The van der Waals surface area contributed by atoms with Gasteiger partial charge in [0.2, 0.25) is 0 Å². The summed E-state index contributed by atoms with van der Waals surface area (Å²) >= 11 is 12.0. The predicted molar refractivity (Wildman–Crippen MR) is 119 cm³/mol. The lowest BCUT2D eigenvalue weighted by atomic mass is 10.2. The Bertz CT molecular complexity index is 699. The Morgan fingerprint density at radius 2 is 1.63 bits per heavy atom. The maximum atomic E-state index is 6.03. The first kappa shape index (κ1) is 26.1. The molecule has 0 saturated carbocycles. The van der Waals surface area contributed by atoms with Gasteiger partial charge in [0.1, 0.15) is 6.61 Å². The molecule has 0 spiro atoms. The lowest BCUT2D eigenvalue weighted by molar-refractivity contribution is 0.284. The Balaban J connectivity index is 0.00000338. The first-order valence-electron chi connectivity index (χ1n) is 8.08. The summed E-state index contributed by atoms with van der Waals surface area (Å²) in [6.45, 7) is 3.12. The van der Waals surface area contributed by atoms with Gasteiger partial charge in [0, 0.05) is 19.6 Å². The summed E-state index contributed by atoms with van der Waals surface area (Å²) in [6.07, 6.45) is 0. The van der Waals surface area contributed by atoms with Crippen molar-refractivity contribution < 1.29 is 9.47 Å². The first-order valence-corrected chi connectivity index (χ1v) is 8.84. The van der Waals surface area contributed by atoms with E-state index in [1.54, 1.807) is 19.2 Å². The van der Waals surface area contributed by atoms with Crippen LogP contribution in [0.2, 0.25) is 10.0 Å². The molecule has 0 heterocycles. The number of nitrogens with zero attached hydrogens (tertiary/aromatic N) is 1. The van der Waals surface area contributed by atoms with Crippen LogP contribution in [0.15, 0.2) is 36.4 Å². The Labute approximate surface area is 183 Å². The van der Waals surface area contributed by atoms with Gasteiger partial charge < -0.3 is 19.7 Å². The number of halogens is 4. The average Bonchev–Trinajstić information content (AvgIpc) is 2.60. The molecular formula is C19H26Cl4N2O2. The summed E-state index contributed by atoms with van der Waals surface area (Å²) in [5, 5.41) is 4.47. The molecule has 0 aromatic heterocycles. The minimum Gasteiger partial charge on any atom is -0.493 e. The maximum absolute atomic E-state index is 6.03. The molecule has 2 rings (SSSR count). The van der Waals surface area contributed by atoms with Gasteiger partial charge in [0.15, 0.2) is 11.5 Å². The second-order valence-electron chi connectivity index (χ2n) is 6.00. The zero-order chi connectivity index (χ0) is 18.2. The molecule has 4 nitrogen and oxygen atoms in total. The lowest BCUT2D eigenvalue weighted by Crippen LogP contribution is -2.26. The highest BCUT2D eigenvalue weighted by atomic mass is 35.5. The van der Waals surface area contributed by atoms with E-state index in [1.165, 1.54) is 0 Å². The SMILES string of the molecule is COc1cc(CNCCN(C)C)ccc1OCc1ccc(Cl)c(Cl)c1.Cl.Cl. The molecule has 8 heteroatoms. The number of likely N-dealkylation sites (N-methyl/N-ethyl adjacent to an activating group) is 1. The molecular weight excluding hydrogens is 430 g/mol. The number of rotatable bonds is 9. The fourth-order valence-corrected chi connectivity index (χ4v) is 2.59. The van der Waals surface area contributed by atoms with Crippen LogP contribution in [0.4, 0.5) is 0 Å². The fraction of sp³-hybridized carbons (Fsp3) is 0.368. The summed E-state index contributed by atoms with van der Waals surface area (Å²) < 4.78 is 11.3. The van der Waals surface area contributed by atoms with Gasteiger partial charge in [0.05, 0.1) is 17.2 Å². The van der Waals surface area contributed by atoms with Gasteiger partial charge in [-0.15, -0.1) is 24.8 Å². The van der Waals surface area contributed by atoms with E-state index in [0.717, 1.165) is 30.8 Å². The highest BCUT2D eigenvalue weighted by molar-refractivity contribution is 6.42. The summed E-state index contributed by atoms with van der Waals surface area (Å²) in [4.78, 5) is 2.15. The van der Waals surface area contributed by atoms with Crippen LogP contribution in [-0.2, 0) is 13.2 Å². The van der Waals surface area contributed by atoms with Crippen molar-refractivity contribution in [3.05, 3.63) is 57.6 Å². The monoisotopic (exact) mass is 454 g/mol. The molecule has 0 unspecified atom stereocenters. The first-order chi connectivity index (χ1) is 12.0. The Hall–Kier alpha value is -0.880. The van der Waals surface area contributed by atoms with Crippen molar-refractivity contribution in [1.82, 2.24) is 10.2 Å². The van der Waals surface area contributed by atoms with Crippen LogP contribution >= 0.6 is 48.0 Å². The molecule has 0 aliphatic rings. The lowest BCUT2D eigenvalue weighted by Gasteiger charge is -2.14. The van der Waals surface area contributed by atoms with Gasteiger partial charge in [-0.05, 0) is 49.5 Å². The highest BCUT2D eigenvalue weighted by Crippen LogP contribution is 2.29. The number of methoxy groups -OCH3 is 1. The van der Waals surface area contributed by atoms with E-state index in [2.05, 4.69) is 24.3 Å². The van der Waals surface area contributed by atoms with Crippen LogP contribution in [0, 0.1) is 0 Å². The van der Waals surface area contributed by atoms with E-state index in [-0.39, 0.29) is 24.8 Å². The maximum Gasteiger partial charge on any atom is 0.161 e. The second kappa shape index (κ2) is 13.3. The van der Waals surface area contributed by atoms with Crippen molar-refractivity contribution in [2.24, 2.45) is 0 Å². The molecule has 0 saturated heterocycles. The predicted octanol–water partition coefficient (Wildman–Crippen LogP) is 5.08. The molecule has 0 aliphatic carbocycles. The minimum atomic E-state index is 0. The fourth-order valence-electron chi connectivity index (χ4n) is 2.27. The number of benzene rings is 2. The van der Waals surface area contributed by atoms with Crippen LogP contribution in [0.25, 0.3) is 0 Å². The summed E-state index contributed by atoms with van der Waals surface area (Å²) in [7, 11) is 5.76. The van der Waals surface area contributed by atoms with Crippen molar-refractivity contribution in [3.8, 4) is 11.5 Å². The standard InChI is InChI=1S/C19H24Cl2N2O2.2ClH/c1-23(2)9-8-22-12-14-5-7-18(19(11-14)24-3)25-13-15-4-6-16(20)17(21)10-15;;/h4-7,10-11,22H,8-9,12-13H2,1-3H3;2*1H. The molecule has 0 atom stereocenters. The minimum absolute atomic E-state index is 0. The molecule has 27 heavy (non-hydrogen) atoms. The van der Waals surface area contributed by atoms with Gasteiger partial charge in [-0.3, -0.25) is 0 Å². The average molecular weight is 456 g/mol. The van der Waals surface area contributed by atoms with E-state index in [4.69, 9.17) is 32.7 Å². The van der Waals surface area contributed by atoms with Gasteiger partial charge in [0.25, 0.3) is 0 Å². The van der Waals surface area contributed by atoms with Crippen LogP contribution in [-0.4, -0.2) is 39.2 Å². The molecule has 0 bridgehead atoms. The van der Waals surface area contributed by atoms with E-state index in [0.29, 0.717) is 28.2 Å². The number of ether oxygens (including phenoxy) is 2. The van der Waals surface area contributed by atoms with E-state index in [1.807, 2.05) is 24.3 Å². The number of hydrogen-bond acceptors (Lipinski definition) is 4. The van der Waals surface area contributed by atoms with Crippen molar-refractivity contribution in [2.75, 3.05) is 34.3 Å². The Morgan fingerprint density at radius 3 is 2.26 bits per heavy atom. The number of hydrogen-bond donors (Lipinski definition) is 1. The summed E-state index contributed by atoms with van der Waals surface area (Å²) in [5.74, 6) is 1.41. The normalized spacial score (nSPS) is 10.1. The second-order valence-corrected chi connectivity index (χ2v) is 6.82. The molecule has 1 N–H and O–H groups in total. The number of nitrogens with one attached hydrogen (secondary N) is 1. The topological polar surface area (TPSA) is 33.7 Å². The highest BCUT2D eigenvalue weighted by Gasteiger charge is 2.07. The molecule has 2 aromatic rings. The van der Waals surface area contributed by atoms with Gasteiger partial charge in [-0.1, -0.05) is 35.3 Å². The molecule has 2 aromatic carbocycles. The van der Waals surface area contributed by atoms with E-state index in [9.17, 15) is 0 Å². The smallest absolute Gasteiger partial charge is 0.161 e. The molecule has 0 amide bonds. The summed E-state index contributed by atoms with van der Waals surface area (Å²) in [5.41, 5.74) is 2.10. The van der Waals surface area contributed by atoms with Crippen LogP contribution in [0.1, 0.15) is 11.1 Å². The van der Waals surface area contributed by atoms with Crippen molar-refractivity contribution >= 4 is 48.0 Å². The van der Waals surface area contributed by atoms with Crippen molar-refractivity contribution in [1.29, 1.82) is 0 Å². The van der Waals surface area contributed by atoms with Crippen molar-refractivity contribution in [3.63, 3.8) is 0 Å². The third-order valence-corrected chi connectivity index (χ3v) is 4.41. The molecule has 0 radical (unpaired) electrons. The molecule has 152 valence electrons. The van der Waals surface area contributed by atoms with Crippen LogP contribution in [0.5, 0.6) is 11.5 Å². The quantitative estimate of drug-likeness (QED) is 0.534.